The highest BCUT2D eigenvalue weighted by Gasteiger charge is 2.43. The van der Waals surface area contributed by atoms with Crippen molar-refractivity contribution in [2.45, 2.75) is 72.0 Å². The summed E-state index contributed by atoms with van der Waals surface area (Å²) in [5.41, 5.74) is -1.83. The second kappa shape index (κ2) is 8.54. The SMILES string of the molecule is CCC(CC)COC(=O)[C@@](C)(O)C(O)C(CC)CC. The van der Waals surface area contributed by atoms with Crippen molar-refractivity contribution in [2.75, 3.05) is 6.61 Å². The monoisotopic (exact) mass is 274 g/mol. The third kappa shape index (κ3) is 5.11. The average molecular weight is 274 g/mol. The Morgan fingerprint density at radius 2 is 1.58 bits per heavy atom. The minimum absolute atomic E-state index is 0.101. The van der Waals surface area contributed by atoms with E-state index in [0.717, 1.165) is 12.8 Å². The molecule has 0 aromatic rings. The van der Waals surface area contributed by atoms with Crippen LogP contribution in [0.5, 0.6) is 0 Å². The Labute approximate surface area is 117 Å². The molecule has 19 heavy (non-hydrogen) atoms. The van der Waals surface area contributed by atoms with Gasteiger partial charge in [0, 0.05) is 0 Å². The Hall–Kier alpha value is -0.610. The molecule has 0 spiro atoms. The molecule has 0 radical (unpaired) electrons. The van der Waals surface area contributed by atoms with E-state index in [4.69, 9.17) is 4.74 Å². The summed E-state index contributed by atoms with van der Waals surface area (Å²) in [5.74, 6) is -0.514. The minimum atomic E-state index is -1.83. The number of hydrogen-bond acceptors (Lipinski definition) is 4. The molecule has 0 heterocycles. The van der Waals surface area contributed by atoms with Gasteiger partial charge in [0.05, 0.1) is 12.7 Å². The van der Waals surface area contributed by atoms with Gasteiger partial charge >= 0.3 is 5.97 Å². The molecule has 0 fully saturated rings. The number of rotatable bonds is 9. The second-order valence-electron chi connectivity index (χ2n) is 5.45. The molecule has 0 aliphatic heterocycles. The summed E-state index contributed by atoms with van der Waals surface area (Å²) in [5, 5.41) is 20.4. The first-order valence-electron chi connectivity index (χ1n) is 7.42. The standard InChI is InChI=1S/C15H30O4/c1-6-11(7-2)10-19-14(17)15(5,18)13(16)12(8-3)9-4/h11-13,16,18H,6-10H2,1-5H3/t13?,15-/m0/s1. The fourth-order valence-electron chi connectivity index (χ4n) is 2.18. The van der Waals surface area contributed by atoms with E-state index in [1.807, 2.05) is 27.7 Å². The first-order valence-corrected chi connectivity index (χ1v) is 7.42. The maximum Gasteiger partial charge on any atom is 0.340 e. The Morgan fingerprint density at radius 1 is 1.11 bits per heavy atom. The lowest BCUT2D eigenvalue weighted by Gasteiger charge is -2.32. The van der Waals surface area contributed by atoms with E-state index in [-0.39, 0.29) is 5.92 Å². The van der Waals surface area contributed by atoms with E-state index >= 15 is 0 Å². The molecule has 1 unspecified atom stereocenters. The summed E-state index contributed by atoms with van der Waals surface area (Å²) in [6.45, 7) is 9.59. The molecule has 0 rings (SSSR count). The largest absolute Gasteiger partial charge is 0.463 e. The van der Waals surface area contributed by atoms with Crippen molar-refractivity contribution in [1.82, 2.24) is 0 Å². The summed E-state index contributed by atoms with van der Waals surface area (Å²) in [7, 11) is 0. The molecule has 0 amide bonds. The predicted octanol–water partition coefficient (Wildman–Crippen LogP) is 2.51. The molecule has 2 N–H and O–H groups in total. The highest BCUT2D eigenvalue weighted by atomic mass is 16.6. The van der Waals surface area contributed by atoms with Crippen LogP contribution in [-0.4, -0.2) is 34.5 Å². The highest BCUT2D eigenvalue weighted by molar-refractivity contribution is 5.79. The molecule has 0 saturated heterocycles. The molecular weight excluding hydrogens is 244 g/mol. The van der Waals surface area contributed by atoms with Crippen LogP contribution in [0.15, 0.2) is 0 Å². The number of esters is 1. The van der Waals surface area contributed by atoms with Crippen LogP contribution < -0.4 is 0 Å². The highest BCUT2D eigenvalue weighted by Crippen LogP contribution is 2.24. The molecule has 4 nitrogen and oxygen atoms in total. The van der Waals surface area contributed by atoms with Crippen molar-refractivity contribution in [2.24, 2.45) is 11.8 Å². The third-order valence-corrected chi connectivity index (χ3v) is 4.09. The van der Waals surface area contributed by atoms with E-state index in [2.05, 4.69) is 0 Å². The number of hydrogen-bond donors (Lipinski definition) is 2. The summed E-state index contributed by atoms with van der Waals surface area (Å²) in [6.07, 6.45) is 2.21. The number of ether oxygens (including phenoxy) is 1. The van der Waals surface area contributed by atoms with Crippen LogP contribution in [0.25, 0.3) is 0 Å². The summed E-state index contributed by atoms with van der Waals surface area (Å²) < 4.78 is 5.16. The van der Waals surface area contributed by atoms with Crippen LogP contribution in [0.4, 0.5) is 0 Å². The molecule has 0 aromatic heterocycles. The van der Waals surface area contributed by atoms with Crippen molar-refractivity contribution in [1.29, 1.82) is 0 Å². The summed E-state index contributed by atoms with van der Waals surface area (Å²) >= 11 is 0. The van der Waals surface area contributed by atoms with Crippen LogP contribution in [0.2, 0.25) is 0 Å². The molecule has 0 aromatic carbocycles. The molecule has 0 bridgehead atoms. The van der Waals surface area contributed by atoms with Crippen LogP contribution in [0.3, 0.4) is 0 Å². The second-order valence-corrected chi connectivity index (χ2v) is 5.45. The number of carbonyl (C=O) groups excluding carboxylic acids is 1. The number of aliphatic hydroxyl groups excluding tert-OH is 1. The predicted molar refractivity (Wildman–Crippen MR) is 75.7 cm³/mol. The maximum absolute atomic E-state index is 11.9. The van der Waals surface area contributed by atoms with Crippen molar-refractivity contribution in [3.63, 3.8) is 0 Å². The van der Waals surface area contributed by atoms with Gasteiger partial charge in [-0.05, 0) is 18.8 Å². The van der Waals surface area contributed by atoms with E-state index < -0.39 is 17.7 Å². The van der Waals surface area contributed by atoms with Crippen molar-refractivity contribution < 1.29 is 19.7 Å². The van der Waals surface area contributed by atoms with Crippen molar-refractivity contribution in [3.8, 4) is 0 Å². The minimum Gasteiger partial charge on any atom is -0.463 e. The van der Waals surface area contributed by atoms with E-state index in [1.165, 1.54) is 6.92 Å². The summed E-state index contributed by atoms with van der Waals surface area (Å²) in [4.78, 5) is 11.9. The lowest BCUT2D eigenvalue weighted by Crippen LogP contribution is -2.51. The van der Waals surface area contributed by atoms with E-state index in [0.29, 0.717) is 25.4 Å². The van der Waals surface area contributed by atoms with Gasteiger partial charge in [-0.1, -0.05) is 53.4 Å². The molecule has 0 aliphatic rings. The number of aliphatic hydroxyl groups is 2. The third-order valence-electron chi connectivity index (χ3n) is 4.09. The molecule has 114 valence electrons. The van der Waals surface area contributed by atoms with Crippen LogP contribution in [0, 0.1) is 11.8 Å². The van der Waals surface area contributed by atoms with Crippen molar-refractivity contribution in [3.05, 3.63) is 0 Å². The molecular formula is C15H30O4. The zero-order valence-electron chi connectivity index (χ0n) is 13.0. The fourth-order valence-corrected chi connectivity index (χ4v) is 2.18. The topological polar surface area (TPSA) is 66.8 Å². The Morgan fingerprint density at radius 3 is 1.95 bits per heavy atom. The van der Waals surface area contributed by atoms with Gasteiger partial charge in [0.15, 0.2) is 5.60 Å². The van der Waals surface area contributed by atoms with Gasteiger partial charge < -0.3 is 14.9 Å². The van der Waals surface area contributed by atoms with Crippen molar-refractivity contribution >= 4 is 5.97 Å². The molecule has 4 heteroatoms. The Balaban J connectivity index is 4.57. The normalized spacial score (nSPS) is 16.5. The first kappa shape index (κ1) is 18.4. The number of carbonyl (C=O) groups is 1. The molecule has 0 aliphatic carbocycles. The van der Waals surface area contributed by atoms with Gasteiger partial charge in [0.2, 0.25) is 0 Å². The van der Waals surface area contributed by atoms with Gasteiger partial charge in [0.25, 0.3) is 0 Å². The Bertz CT molecular complexity index is 255. The fraction of sp³-hybridized carbons (Fsp3) is 0.933. The lowest BCUT2D eigenvalue weighted by molar-refractivity contribution is -0.181. The van der Waals surface area contributed by atoms with Gasteiger partial charge in [-0.15, -0.1) is 0 Å². The molecule has 2 atom stereocenters. The average Bonchev–Trinajstić information content (AvgIpc) is 2.40. The van der Waals surface area contributed by atoms with Gasteiger partial charge in [-0.2, -0.15) is 0 Å². The lowest BCUT2D eigenvalue weighted by atomic mass is 9.85. The quantitative estimate of drug-likeness (QED) is 0.634. The Kier molecular flexibility index (Phi) is 8.26. The maximum atomic E-state index is 11.9. The van der Waals surface area contributed by atoms with Gasteiger partial charge in [0.1, 0.15) is 0 Å². The van der Waals surface area contributed by atoms with Gasteiger partial charge in [-0.25, -0.2) is 4.79 Å². The van der Waals surface area contributed by atoms with Crippen LogP contribution in [0.1, 0.15) is 60.3 Å². The zero-order valence-corrected chi connectivity index (χ0v) is 13.0. The zero-order chi connectivity index (χ0) is 15.1. The molecule has 0 saturated carbocycles. The summed E-state index contributed by atoms with van der Waals surface area (Å²) in [6, 6.07) is 0. The van der Waals surface area contributed by atoms with Crippen LogP contribution in [-0.2, 0) is 9.53 Å². The van der Waals surface area contributed by atoms with Crippen LogP contribution >= 0.6 is 0 Å². The first-order chi connectivity index (χ1) is 8.84. The van der Waals surface area contributed by atoms with E-state index in [9.17, 15) is 15.0 Å². The smallest absolute Gasteiger partial charge is 0.340 e. The van der Waals surface area contributed by atoms with Gasteiger partial charge in [-0.3, -0.25) is 0 Å². The van der Waals surface area contributed by atoms with E-state index in [1.54, 1.807) is 0 Å².